The van der Waals surface area contributed by atoms with Crippen LogP contribution in [-0.2, 0) is 21.4 Å². The number of benzene rings is 1. The van der Waals surface area contributed by atoms with Crippen LogP contribution in [0.4, 0.5) is 0 Å². The predicted molar refractivity (Wildman–Crippen MR) is 89.5 cm³/mol. The van der Waals surface area contributed by atoms with E-state index in [2.05, 4.69) is 5.32 Å². The van der Waals surface area contributed by atoms with Gasteiger partial charge in [0.05, 0.1) is 0 Å². The van der Waals surface area contributed by atoms with E-state index >= 15 is 0 Å². The van der Waals surface area contributed by atoms with E-state index in [9.17, 15) is 13.2 Å². The van der Waals surface area contributed by atoms with E-state index in [0.29, 0.717) is 30.1 Å². The van der Waals surface area contributed by atoms with Gasteiger partial charge in [-0.15, -0.1) is 11.3 Å². The first-order chi connectivity index (χ1) is 11.1. The fourth-order valence-electron chi connectivity index (χ4n) is 2.72. The summed E-state index contributed by atoms with van der Waals surface area (Å²) in [4.78, 5) is 12.4. The summed E-state index contributed by atoms with van der Waals surface area (Å²) in [6, 6.07) is 12.2. The van der Waals surface area contributed by atoms with Crippen molar-refractivity contribution in [2.45, 2.75) is 29.6 Å². The Balaban J connectivity index is 1.70. The minimum absolute atomic E-state index is 0.230. The van der Waals surface area contributed by atoms with Gasteiger partial charge in [-0.2, -0.15) is 4.31 Å². The van der Waals surface area contributed by atoms with Gasteiger partial charge in [0.1, 0.15) is 10.3 Å². The van der Waals surface area contributed by atoms with E-state index in [1.54, 1.807) is 17.5 Å². The number of hydrogen-bond acceptors (Lipinski definition) is 4. The smallest absolute Gasteiger partial charge is 0.253 e. The van der Waals surface area contributed by atoms with Crippen molar-refractivity contribution >= 4 is 27.3 Å². The van der Waals surface area contributed by atoms with Crippen molar-refractivity contribution in [3.05, 3.63) is 53.4 Å². The summed E-state index contributed by atoms with van der Waals surface area (Å²) in [5.74, 6) is -0.230. The summed E-state index contributed by atoms with van der Waals surface area (Å²) in [5, 5.41) is 4.58. The van der Waals surface area contributed by atoms with Crippen molar-refractivity contribution in [1.29, 1.82) is 0 Å². The number of rotatable bonds is 5. The first-order valence-electron chi connectivity index (χ1n) is 7.46. The highest BCUT2D eigenvalue weighted by atomic mass is 32.2. The van der Waals surface area contributed by atoms with Gasteiger partial charge in [-0.3, -0.25) is 4.79 Å². The number of carbonyl (C=O) groups is 1. The molecule has 0 aliphatic carbocycles. The lowest BCUT2D eigenvalue weighted by atomic mass is 10.2. The van der Waals surface area contributed by atoms with Crippen LogP contribution >= 0.6 is 11.3 Å². The van der Waals surface area contributed by atoms with Gasteiger partial charge < -0.3 is 5.32 Å². The SMILES string of the molecule is O=C(NCc1ccccc1)[C@H]1CCCN1S(=O)(=O)c1cccs1. The van der Waals surface area contributed by atoms with Crippen molar-refractivity contribution in [2.24, 2.45) is 0 Å². The number of carbonyl (C=O) groups excluding carboxylic acids is 1. The number of nitrogens with zero attached hydrogens (tertiary/aromatic N) is 1. The van der Waals surface area contributed by atoms with Crippen LogP contribution in [0.1, 0.15) is 18.4 Å². The summed E-state index contributed by atoms with van der Waals surface area (Å²) in [6.07, 6.45) is 1.26. The highest BCUT2D eigenvalue weighted by Crippen LogP contribution is 2.28. The van der Waals surface area contributed by atoms with E-state index in [0.717, 1.165) is 5.56 Å². The Morgan fingerprint density at radius 2 is 2.00 bits per heavy atom. The molecule has 1 aliphatic heterocycles. The Labute approximate surface area is 140 Å². The highest BCUT2D eigenvalue weighted by molar-refractivity contribution is 7.91. The van der Waals surface area contributed by atoms with Gasteiger partial charge in [-0.1, -0.05) is 36.4 Å². The van der Waals surface area contributed by atoms with E-state index in [-0.39, 0.29) is 5.91 Å². The third-order valence-corrected chi connectivity index (χ3v) is 7.16. The molecule has 1 N–H and O–H groups in total. The molecule has 3 rings (SSSR count). The maximum atomic E-state index is 12.6. The lowest BCUT2D eigenvalue weighted by Gasteiger charge is -2.22. The summed E-state index contributed by atoms with van der Waals surface area (Å²) in [6.45, 7) is 0.798. The number of nitrogens with one attached hydrogen (secondary N) is 1. The maximum Gasteiger partial charge on any atom is 0.253 e. The standard InChI is InChI=1S/C16H18N2O3S2/c19-16(17-12-13-6-2-1-3-7-13)14-8-4-10-18(14)23(20,21)15-9-5-11-22-15/h1-3,5-7,9,11,14H,4,8,10,12H2,(H,17,19)/t14-/m1/s1. The molecule has 1 aromatic heterocycles. The molecule has 1 amide bonds. The van der Waals surface area contributed by atoms with Crippen LogP contribution in [0.3, 0.4) is 0 Å². The van der Waals surface area contributed by atoms with Crippen LogP contribution in [-0.4, -0.2) is 31.2 Å². The van der Waals surface area contributed by atoms with E-state index in [4.69, 9.17) is 0 Å². The van der Waals surface area contributed by atoms with E-state index in [1.807, 2.05) is 30.3 Å². The average molecular weight is 350 g/mol. The van der Waals surface area contributed by atoms with Gasteiger partial charge in [-0.25, -0.2) is 8.42 Å². The van der Waals surface area contributed by atoms with Gasteiger partial charge in [0.25, 0.3) is 10.0 Å². The Morgan fingerprint density at radius 1 is 1.22 bits per heavy atom. The molecule has 0 unspecified atom stereocenters. The van der Waals surface area contributed by atoms with Crippen molar-refractivity contribution in [2.75, 3.05) is 6.54 Å². The molecular weight excluding hydrogens is 332 g/mol. The molecule has 0 spiro atoms. The number of hydrogen-bond donors (Lipinski definition) is 1. The Hall–Kier alpha value is -1.70. The van der Waals surface area contributed by atoms with Gasteiger partial charge in [-0.05, 0) is 29.9 Å². The second kappa shape index (κ2) is 6.82. The molecule has 0 saturated carbocycles. The highest BCUT2D eigenvalue weighted by Gasteiger charge is 2.39. The van der Waals surface area contributed by atoms with Gasteiger partial charge in [0.15, 0.2) is 0 Å². The lowest BCUT2D eigenvalue weighted by Crippen LogP contribution is -2.45. The zero-order chi connectivity index (χ0) is 16.3. The van der Waals surface area contributed by atoms with Crippen LogP contribution in [0.15, 0.2) is 52.1 Å². The van der Waals surface area contributed by atoms with Gasteiger partial charge in [0.2, 0.25) is 5.91 Å². The van der Waals surface area contributed by atoms with E-state index in [1.165, 1.54) is 15.6 Å². The molecule has 1 aromatic carbocycles. The van der Waals surface area contributed by atoms with Gasteiger partial charge in [0, 0.05) is 13.1 Å². The second-order valence-electron chi connectivity index (χ2n) is 5.41. The fraction of sp³-hybridized carbons (Fsp3) is 0.312. The average Bonchev–Trinajstić information content (AvgIpc) is 3.25. The Kier molecular flexibility index (Phi) is 4.79. The monoisotopic (exact) mass is 350 g/mol. The van der Waals surface area contributed by atoms with Crippen molar-refractivity contribution in [1.82, 2.24) is 9.62 Å². The zero-order valence-electron chi connectivity index (χ0n) is 12.5. The Morgan fingerprint density at radius 3 is 2.70 bits per heavy atom. The summed E-state index contributed by atoms with van der Waals surface area (Å²) >= 11 is 1.18. The third kappa shape index (κ3) is 3.46. The summed E-state index contributed by atoms with van der Waals surface area (Å²) in [7, 11) is -3.58. The van der Waals surface area contributed by atoms with Crippen molar-refractivity contribution < 1.29 is 13.2 Å². The van der Waals surface area contributed by atoms with Crippen LogP contribution in [0, 0.1) is 0 Å². The molecule has 1 aliphatic rings. The molecule has 2 heterocycles. The zero-order valence-corrected chi connectivity index (χ0v) is 14.1. The normalized spacial score (nSPS) is 18.9. The maximum absolute atomic E-state index is 12.6. The van der Waals surface area contributed by atoms with E-state index < -0.39 is 16.1 Å². The molecule has 0 radical (unpaired) electrons. The molecular formula is C16H18N2O3S2. The summed E-state index contributed by atoms with van der Waals surface area (Å²) < 4.78 is 26.9. The molecule has 7 heteroatoms. The molecule has 1 fully saturated rings. The molecule has 122 valence electrons. The largest absolute Gasteiger partial charge is 0.351 e. The molecule has 1 saturated heterocycles. The predicted octanol–water partition coefficient (Wildman–Crippen LogP) is 2.22. The molecule has 23 heavy (non-hydrogen) atoms. The number of thiophene rings is 1. The van der Waals surface area contributed by atoms with Crippen molar-refractivity contribution in [3.63, 3.8) is 0 Å². The Bertz CT molecular complexity index is 758. The topological polar surface area (TPSA) is 66.5 Å². The lowest BCUT2D eigenvalue weighted by molar-refractivity contribution is -0.124. The van der Waals surface area contributed by atoms with Crippen LogP contribution < -0.4 is 5.32 Å². The van der Waals surface area contributed by atoms with Crippen LogP contribution in [0.5, 0.6) is 0 Å². The van der Waals surface area contributed by atoms with Crippen molar-refractivity contribution in [3.8, 4) is 0 Å². The molecule has 1 atom stereocenters. The summed E-state index contributed by atoms with van der Waals surface area (Å²) in [5.41, 5.74) is 0.992. The van der Waals surface area contributed by atoms with Crippen LogP contribution in [0.25, 0.3) is 0 Å². The fourth-order valence-corrected chi connectivity index (χ4v) is 5.49. The molecule has 0 bridgehead atoms. The minimum atomic E-state index is -3.58. The third-order valence-electron chi connectivity index (χ3n) is 3.87. The minimum Gasteiger partial charge on any atom is -0.351 e. The first kappa shape index (κ1) is 16.2. The van der Waals surface area contributed by atoms with Gasteiger partial charge >= 0.3 is 0 Å². The molecule has 2 aromatic rings. The molecule has 5 nitrogen and oxygen atoms in total. The number of amides is 1. The first-order valence-corrected chi connectivity index (χ1v) is 9.78. The van der Waals surface area contributed by atoms with Crippen LogP contribution in [0.2, 0.25) is 0 Å². The number of sulfonamides is 1. The quantitative estimate of drug-likeness (QED) is 0.899. The second-order valence-corrected chi connectivity index (χ2v) is 8.47.